The first kappa shape index (κ1) is 16.5. The van der Waals surface area contributed by atoms with Gasteiger partial charge in [-0.2, -0.15) is 0 Å². The quantitative estimate of drug-likeness (QED) is 0.673. The Hall–Kier alpha value is -0.920. The van der Waals surface area contributed by atoms with Crippen molar-refractivity contribution in [3.05, 3.63) is 67.7 Å². The lowest BCUT2D eigenvalue weighted by atomic mass is 10.1. The molecule has 0 aliphatic rings. The molecule has 5 heteroatoms. The van der Waals surface area contributed by atoms with E-state index in [0.717, 1.165) is 13.6 Å². The smallest absolute Gasteiger partial charge is 0.252 e. The second kappa shape index (κ2) is 7.91. The zero-order valence-electron chi connectivity index (χ0n) is 11.2. The van der Waals surface area contributed by atoms with E-state index in [0.29, 0.717) is 12.0 Å². The van der Waals surface area contributed by atoms with E-state index in [1.165, 1.54) is 0 Å². The summed E-state index contributed by atoms with van der Waals surface area (Å²) in [6, 6.07) is 15.1. The number of hydrogen-bond acceptors (Lipinski definition) is 2. The molecule has 21 heavy (non-hydrogen) atoms. The molecular formula is C16H15BrINO2. The van der Waals surface area contributed by atoms with Gasteiger partial charge in [-0.15, -0.1) is 0 Å². The number of carbonyl (C=O) groups is 1. The summed E-state index contributed by atoms with van der Waals surface area (Å²) in [5.41, 5.74) is 1.69. The van der Waals surface area contributed by atoms with E-state index in [9.17, 15) is 9.90 Å². The summed E-state index contributed by atoms with van der Waals surface area (Å²) < 4.78 is 1.74. The Labute approximate surface area is 146 Å². The third-order valence-electron chi connectivity index (χ3n) is 3.05. The van der Waals surface area contributed by atoms with E-state index in [2.05, 4.69) is 43.8 Å². The minimum atomic E-state index is -0.297. The van der Waals surface area contributed by atoms with Crippen LogP contribution in [0.2, 0.25) is 0 Å². The van der Waals surface area contributed by atoms with Gasteiger partial charge in [0.15, 0.2) is 0 Å². The van der Waals surface area contributed by atoms with Crippen molar-refractivity contribution in [1.82, 2.24) is 5.32 Å². The molecule has 0 bridgehead atoms. The minimum Gasteiger partial charge on any atom is -0.394 e. The van der Waals surface area contributed by atoms with Crippen molar-refractivity contribution in [3.63, 3.8) is 0 Å². The Bertz CT molecular complexity index is 619. The highest BCUT2D eigenvalue weighted by Crippen LogP contribution is 2.18. The summed E-state index contributed by atoms with van der Waals surface area (Å²) in [6.45, 7) is -0.0920. The highest BCUT2D eigenvalue weighted by atomic mass is 127. The van der Waals surface area contributed by atoms with Gasteiger partial charge in [-0.1, -0.05) is 46.3 Å². The summed E-state index contributed by atoms with van der Waals surface area (Å²) in [6.07, 6.45) is 0.605. The van der Waals surface area contributed by atoms with E-state index in [-0.39, 0.29) is 18.6 Å². The van der Waals surface area contributed by atoms with Gasteiger partial charge in [0.1, 0.15) is 0 Å². The number of carbonyl (C=O) groups excluding carboxylic acids is 1. The molecule has 0 spiro atoms. The van der Waals surface area contributed by atoms with E-state index < -0.39 is 0 Å². The van der Waals surface area contributed by atoms with E-state index in [1.807, 2.05) is 42.5 Å². The zero-order chi connectivity index (χ0) is 15.2. The fraction of sp³-hybridized carbons (Fsp3) is 0.188. The number of aliphatic hydroxyl groups excluding tert-OH is 1. The zero-order valence-corrected chi connectivity index (χ0v) is 15.0. The number of hydrogen-bond donors (Lipinski definition) is 2. The number of aliphatic hydroxyl groups is 1. The van der Waals surface area contributed by atoms with Crippen LogP contribution in [0.3, 0.4) is 0 Å². The van der Waals surface area contributed by atoms with E-state index in [4.69, 9.17) is 0 Å². The molecule has 0 unspecified atom stereocenters. The predicted molar refractivity (Wildman–Crippen MR) is 95.3 cm³/mol. The van der Waals surface area contributed by atoms with Gasteiger partial charge in [-0.25, -0.2) is 0 Å². The maximum atomic E-state index is 12.3. The maximum Gasteiger partial charge on any atom is 0.252 e. The van der Waals surface area contributed by atoms with Gasteiger partial charge in [-0.3, -0.25) is 4.79 Å². The molecule has 0 aliphatic heterocycles. The van der Waals surface area contributed by atoms with Crippen molar-refractivity contribution < 1.29 is 9.90 Å². The van der Waals surface area contributed by atoms with Gasteiger partial charge < -0.3 is 10.4 Å². The maximum absolute atomic E-state index is 12.3. The second-order valence-corrected chi connectivity index (χ2v) is 6.74. The third kappa shape index (κ3) is 4.79. The summed E-state index contributed by atoms with van der Waals surface area (Å²) >= 11 is 5.50. The van der Waals surface area contributed by atoms with Crippen LogP contribution in [0.1, 0.15) is 15.9 Å². The van der Waals surface area contributed by atoms with Crippen LogP contribution < -0.4 is 5.32 Å². The Morgan fingerprint density at radius 1 is 1.24 bits per heavy atom. The lowest BCUT2D eigenvalue weighted by Crippen LogP contribution is -2.39. The van der Waals surface area contributed by atoms with Gasteiger partial charge in [0, 0.05) is 8.04 Å². The number of halogens is 2. The standard InChI is InChI=1S/C16H15BrINO2/c17-12-6-7-15(18)14(9-12)16(21)19-13(10-20)8-11-4-2-1-3-5-11/h1-7,9,13,20H,8,10H2,(H,19,21)/t13-/m0/s1. The van der Waals surface area contributed by atoms with Crippen LogP contribution >= 0.6 is 38.5 Å². The molecule has 2 aromatic rings. The van der Waals surface area contributed by atoms with Gasteiger partial charge in [-0.05, 0) is 52.8 Å². The molecule has 1 atom stereocenters. The van der Waals surface area contributed by atoms with Crippen LogP contribution in [-0.4, -0.2) is 23.7 Å². The molecule has 0 saturated heterocycles. The highest BCUT2D eigenvalue weighted by Gasteiger charge is 2.16. The lowest BCUT2D eigenvalue weighted by Gasteiger charge is -2.17. The molecule has 1 amide bonds. The van der Waals surface area contributed by atoms with Gasteiger partial charge in [0.25, 0.3) is 5.91 Å². The third-order valence-corrected chi connectivity index (χ3v) is 4.49. The molecular weight excluding hydrogens is 445 g/mol. The summed E-state index contributed by atoms with van der Waals surface area (Å²) in [5.74, 6) is -0.171. The SMILES string of the molecule is O=C(N[C@H](CO)Cc1ccccc1)c1cc(Br)ccc1I. The average molecular weight is 460 g/mol. The molecule has 0 aromatic heterocycles. The van der Waals surface area contributed by atoms with Gasteiger partial charge >= 0.3 is 0 Å². The Balaban J connectivity index is 2.07. The first-order chi connectivity index (χ1) is 10.1. The molecule has 0 saturated carbocycles. The summed E-state index contributed by atoms with van der Waals surface area (Å²) in [4.78, 5) is 12.3. The topological polar surface area (TPSA) is 49.3 Å². The molecule has 2 N–H and O–H groups in total. The monoisotopic (exact) mass is 459 g/mol. The molecule has 110 valence electrons. The first-order valence-corrected chi connectivity index (χ1v) is 8.38. The van der Waals surface area contributed by atoms with Crippen molar-refractivity contribution in [2.24, 2.45) is 0 Å². The number of nitrogens with one attached hydrogen (secondary N) is 1. The van der Waals surface area contributed by atoms with Crippen LogP contribution in [0.5, 0.6) is 0 Å². The second-order valence-electron chi connectivity index (χ2n) is 4.67. The van der Waals surface area contributed by atoms with Gasteiger partial charge in [0.05, 0.1) is 18.2 Å². The molecule has 2 rings (SSSR count). The minimum absolute atomic E-state index is 0.0920. The molecule has 3 nitrogen and oxygen atoms in total. The van der Waals surface area contributed by atoms with Crippen molar-refractivity contribution in [2.75, 3.05) is 6.61 Å². The number of benzene rings is 2. The highest BCUT2D eigenvalue weighted by molar-refractivity contribution is 14.1. The Kier molecular flexibility index (Phi) is 6.20. The predicted octanol–water partition coefficient (Wildman–Crippen LogP) is 3.39. The molecule has 0 heterocycles. The molecule has 2 aromatic carbocycles. The largest absolute Gasteiger partial charge is 0.394 e. The molecule has 0 fully saturated rings. The van der Waals surface area contributed by atoms with Crippen LogP contribution in [0.25, 0.3) is 0 Å². The Morgan fingerprint density at radius 3 is 2.62 bits per heavy atom. The van der Waals surface area contributed by atoms with Crippen LogP contribution in [0.4, 0.5) is 0 Å². The van der Waals surface area contributed by atoms with Crippen molar-refractivity contribution in [3.8, 4) is 0 Å². The summed E-state index contributed by atoms with van der Waals surface area (Å²) in [7, 11) is 0. The van der Waals surface area contributed by atoms with Crippen LogP contribution in [0.15, 0.2) is 53.0 Å². The fourth-order valence-corrected chi connectivity index (χ4v) is 2.94. The normalized spacial score (nSPS) is 12.0. The van der Waals surface area contributed by atoms with Crippen LogP contribution in [-0.2, 0) is 6.42 Å². The fourth-order valence-electron chi connectivity index (χ4n) is 1.99. The van der Waals surface area contributed by atoms with E-state index >= 15 is 0 Å². The molecule has 0 radical (unpaired) electrons. The molecule has 0 aliphatic carbocycles. The summed E-state index contributed by atoms with van der Waals surface area (Å²) in [5, 5.41) is 12.4. The number of rotatable bonds is 5. The van der Waals surface area contributed by atoms with Crippen molar-refractivity contribution in [2.45, 2.75) is 12.5 Å². The van der Waals surface area contributed by atoms with Crippen molar-refractivity contribution in [1.29, 1.82) is 0 Å². The Morgan fingerprint density at radius 2 is 1.95 bits per heavy atom. The van der Waals surface area contributed by atoms with Gasteiger partial charge in [0.2, 0.25) is 0 Å². The van der Waals surface area contributed by atoms with E-state index in [1.54, 1.807) is 6.07 Å². The lowest BCUT2D eigenvalue weighted by molar-refractivity contribution is 0.0915. The number of amides is 1. The first-order valence-electron chi connectivity index (χ1n) is 6.51. The van der Waals surface area contributed by atoms with Crippen molar-refractivity contribution >= 4 is 44.4 Å². The average Bonchev–Trinajstić information content (AvgIpc) is 2.50. The van der Waals surface area contributed by atoms with Crippen LogP contribution in [0, 0.1) is 3.57 Å².